The van der Waals surface area contributed by atoms with Gasteiger partial charge in [-0.05, 0) is 36.4 Å². The summed E-state index contributed by atoms with van der Waals surface area (Å²) in [6, 6.07) is 12.3. The van der Waals surface area contributed by atoms with Crippen molar-refractivity contribution >= 4 is 11.6 Å². The molecule has 0 atom stereocenters. The molecule has 1 aromatic heterocycles. The molecule has 2 aromatic carbocycles. The Hall–Kier alpha value is -3.55. The van der Waals surface area contributed by atoms with Crippen molar-refractivity contribution in [3.8, 4) is 28.6 Å². The van der Waals surface area contributed by atoms with Gasteiger partial charge in [-0.2, -0.15) is 4.98 Å². The lowest BCUT2D eigenvalue weighted by Gasteiger charge is -2.10. The summed E-state index contributed by atoms with van der Waals surface area (Å²) in [6.45, 7) is 0. The molecule has 8 heteroatoms. The minimum absolute atomic E-state index is 0.0441. The van der Waals surface area contributed by atoms with E-state index in [1.807, 2.05) is 12.1 Å². The molecule has 0 unspecified atom stereocenters. The molecule has 0 aliphatic rings. The second-order valence-electron chi connectivity index (χ2n) is 5.53. The fraction of sp³-hybridized carbons (Fsp3) is 0.211. The molecule has 8 nitrogen and oxygen atoms in total. The molecule has 0 spiro atoms. The third kappa shape index (κ3) is 4.35. The van der Waals surface area contributed by atoms with Crippen LogP contribution in [0, 0.1) is 0 Å². The van der Waals surface area contributed by atoms with E-state index in [-0.39, 0.29) is 18.2 Å². The van der Waals surface area contributed by atoms with Gasteiger partial charge in [0, 0.05) is 17.3 Å². The summed E-state index contributed by atoms with van der Waals surface area (Å²) < 4.78 is 20.7. The Bertz CT molecular complexity index is 921. The molecule has 0 bridgehead atoms. The summed E-state index contributed by atoms with van der Waals surface area (Å²) in [5.74, 6) is 2.18. The van der Waals surface area contributed by atoms with E-state index in [1.54, 1.807) is 44.6 Å². The van der Waals surface area contributed by atoms with Crippen molar-refractivity contribution in [2.45, 2.75) is 6.42 Å². The Morgan fingerprint density at radius 2 is 1.74 bits per heavy atom. The molecular formula is C19H19N3O5. The lowest BCUT2D eigenvalue weighted by atomic mass is 10.2. The first-order chi connectivity index (χ1) is 13.1. The number of carbonyl (C=O) groups excluding carboxylic acids is 1. The van der Waals surface area contributed by atoms with Crippen LogP contribution in [0.4, 0.5) is 5.69 Å². The molecule has 140 valence electrons. The second kappa shape index (κ2) is 8.22. The number of amides is 1. The molecule has 3 aromatic rings. The van der Waals surface area contributed by atoms with Gasteiger partial charge >= 0.3 is 0 Å². The van der Waals surface area contributed by atoms with Gasteiger partial charge in [-0.25, -0.2) is 0 Å². The van der Waals surface area contributed by atoms with Crippen LogP contribution >= 0.6 is 0 Å². The number of ether oxygens (including phenoxy) is 3. The van der Waals surface area contributed by atoms with Gasteiger partial charge in [0.15, 0.2) is 11.5 Å². The van der Waals surface area contributed by atoms with Crippen LogP contribution in [-0.2, 0) is 11.2 Å². The SMILES string of the molecule is COc1ccc(-c2noc(CC(=O)Nc3ccc(OC)c(OC)c3)n2)cc1. The molecule has 0 fully saturated rings. The Labute approximate surface area is 156 Å². The van der Waals surface area contributed by atoms with E-state index in [0.717, 1.165) is 11.3 Å². The Morgan fingerprint density at radius 3 is 2.41 bits per heavy atom. The second-order valence-corrected chi connectivity index (χ2v) is 5.53. The van der Waals surface area contributed by atoms with Gasteiger partial charge < -0.3 is 24.1 Å². The van der Waals surface area contributed by atoms with E-state index >= 15 is 0 Å². The minimum atomic E-state index is -0.285. The molecule has 1 heterocycles. The van der Waals surface area contributed by atoms with Crippen molar-refractivity contribution < 1.29 is 23.5 Å². The highest BCUT2D eigenvalue weighted by Crippen LogP contribution is 2.29. The van der Waals surface area contributed by atoms with Crippen LogP contribution in [0.2, 0.25) is 0 Å². The van der Waals surface area contributed by atoms with Crippen molar-refractivity contribution in [1.29, 1.82) is 0 Å². The molecule has 0 saturated carbocycles. The van der Waals surface area contributed by atoms with Crippen LogP contribution in [0.5, 0.6) is 17.2 Å². The van der Waals surface area contributed by atoms with Gasteiger partial charge in [0.05, 0.1) is 21.3 Å². The monoisotopic (exact) mass is 369 g/mol. The maximum Gasteiger partial charge on any atom is 0.236 e. The lowest BCUT2D eigenvalue weighted by Crippen LogP contribution is -2.14. The quantitative estimate of drug-likeness (QED) is 0.684. The first kappa shape index (κ1) is 18.2. The van der Waals surface area contributed by atoms with Crippen LogP contribution in [-0.4, -0.2) is 37.4 Å². The predicted octanol–water partition coefficient (Wildman–Crippen LogP) is 2.94. The molecule has 0 saturated heterocycles. The average molecular weight is 369 g/mol. The van der Waals surface area contributed by atoms with Crippen molar-refractivity contribution in [1.82, 2.24) is 10.1 Å². The zero-order valence-corrected chi connectivity index (χ0v) is 15.2. The van der Waals surface area contributed by atoms with Crippen molar-refractivity contribution in [3.63, 3.8) is 0 Å². The third-order valence-corrected chi connectivity index (χ3v) is 3.80. The number of anilines is 1. The molecule has 0 radical (unpaired) electrons. The summed E-state index contributed by atoms with van der Waals surface area (Å²) in [4.78, 5) is 16.5. The van der Waals surface area contributed by atoms with E-state index in [9.17, 15) is 4.79 Å². The van der Waals surface area contributed by atoms with E-state index in [2.05, 4.69) is 15.5 Å². The largest absolute Gasteiger partial charge is 0.497 e. The Morgan fingerprint density at radius 1 is 1.00 bits per heavy atom. The number of benzene rings is 2. The summed E-state index contributed by atoms with van der Waals surface area (Å²) in [5, 5.41) is 6.67. The molecule has 0 aliphatic carbocycles. The number of aromatic nitrogens is 2. The van der Waals surface area contributed by atoms with Gasteiger partial charge in [0.2, 0.25) is 17.6 Å². The van der Waals surface area contributed by atoms with Crippen molar-refractivity contribution in [2.75, 3.05) is 26.6 Å². The van der Waals surface area contributed by atoms with E-state index < -0.39 is 0 Å². The summed E-state index contributed by atoms with van der Waals surface area (Å²) in [5.41, 5.74) is 1.35. The van der Waals surface area contributed by atoms with Gasteiger partial charge in [-0.15, -0.1) is 0 Å². The number of hydrogen-bond donors (Lipinski definition) is 1. The van der Waals surface area contributed by atoms with Gasteiger partial charge in [0.1, 0.15) is 12.2 Å². The smallest absolute Gasteiger partial charge is 0.236 e. The first-order valence-electron chi connectivity index (χ1n) is 8.12. The van der Waals surface area contributed by atoms with Gasteiger partial charge in [-0.3, -0.25) is 4.79 Å². The topological polar surface area (TPSA) is 95.7 Å². The molecular weight excluding hydrogens is 350 g/mol. The number of methoxy groups -OCH3 is 3. The van der Waals surface area contributed by atoms with Crippen LogP contribution in [0.15, 0.2) is 47.0 Å². The van der Waals surface area contributed by atoms with Crippen LogP contribution in [0.3, 0.4) is 0 Å². The highest BCUT2D eigenvalue weighted by molar-refractivity contribution is 5.92. The third-order valence-electron chi connectivity index (χ3n) is 3.80. The molecule has 1 amide bonds. The normalized spacial score (nSPS) is 10.3. The van der Waals surface area contributed by atoms with E-state index in [4.69, 9.17) is 18.7 Å². The maximum atomic E-state index is 12.2. The zero-order chi connectivity index (χ0) is 19.2. The zero-order valence-electron chi connectivity index (χ0n) is 15.2. The fourth-order valence-corrected chi connectivity index (χ4v) is 2.44. The van der Waals surface area contributed by atoms with Crippen LogP contribution in [0.1, 0.15) is 5.89 Å². The maximum absolute atomic E-state index is 12.2. The van der Waals surface area contributed by atoms with Crippen LogP contribution < -0.4 is 19.5 Å². The summed E-state index contributed by atoms with van der Waals surface area (Å²) >= 11 is 0. The average Bonchev–Trinajstić information content (AvgIpc) is 3.16. The van der Waals surface area contributed by atoms with Gasteiger partial charge in [-0.1, -0.05) is 5.16 Å². The minimum Gasteiger partial charge on any atom is -0.497 e. The Balaban J connectivity index is 1.65. The molecule has 3 rings (SSSR count). The number of nitrogens with one attached hydrogen (secondary N) is 1. The first-order valence-corrected chi connectivity index (χ1v) is 8.12. The number of rotatable bonds is 7. The highest BCUT2D eigenvalue weighted by atomic mass is 16.5. The standard InChI is InChI=1S/C19H19N3O5/c1-24-14-7-4-12(5-8-14)19-21-18(27-22-19)11-17(23)20-13-6-9-15(25-2)16(10-13)26-3/h4-10H,11H2,1-3H3,(H,20,23). The number of carbonyl (C=O) groups is 1. The molecule has 1 N–H and O–H groups in total. The highest BCUT2D eigenvalue weighted by Gasteiger charge is 2.14. The van der Waals surface area contributed by atoms with Crippen LogP contribution in [0.25, 0.3) is 11.4 Å². The van der Waals surface area contributed by atoms with E-state index in [1.165, 1.54) is 7.11 Å². The van der Waals surface area contributed by atoms with Gasteiger partial charge in [0.25, 0.3) is 0 Å². The number of hydrogen-bond acceptors (Lipinski definition) is 7. The predicted molar refractivity (Wildman–Crippen MR) is 98.2 cm³/mol. The molecule has 0 aliphatic heterocycles. The fourth-order valence-electron chi connectivity index (χ4n) is 2.44. The van der Waals surface area contributed by atoms with Crippen molar-refractivity contribution in [3.05, 3.63) is 48.4 Å². The lowest BCUT2D eigenvalue weighted by molar-refractivity contribution is -0.115. The molecule has 27 heavy (non-hydrogen) atoms. The summed E-state index contributed by atoms with van der Waals surface area (Å²) in [6.07, 6.45) is -0.0441. The van der Waals surface area contributed by atoms with E-state index in [0.29, 0.717) is 23.0 Å². The summed E-state index contributed by atoms with van der Waals surface area (Å²) in [7, 11) is 4.67. The van der Waals surface area contributed by atoms with Crippen molar-refractivity contribution in [2.24, 2.45) is 0 Å². The Kier molecular flexibility index (Phi) is 5.55. The number of nitrogens with zero attached hydrogens (tertiary/aromatic N) is 2.